The molecule has 1 N–H and O–H groups in total. The van der Waals surface area contributed by atoms with Crippen molar-refractivity contribution < 1.29 is 4.79 Å². The van der Waals surface area contributed by atoms with Crippen LogP contribution in [0, 0.1) is 24.2 Å². The monoisotopic (exact) mass is 439 g/mol. The van der Waals surface area contributed by atoms with Crippen molar-refractivity contribution in [3.05, 3.63) is 59.4 Å². The van der Waals surface area contributed by atoms with Gasteiger partial charge in [0.2, 0.25) is 5.91 Å². The first-order chi connectivity index (χ1) is 14.6. The van der Waals surface area contributed by atoms with Crippen LogP contribution in [0.3, 0.4) is 0 Å². The molecule has 1 aliphatic heterocycles. The Balaban J connectivity index is 0.00000166. The van der Waals surface area contributed by atoms with Gasteiger partial charge in [-0.2, -0.15) is 0 Å². The Morgan fingerprint density at radius 1 is 1.16 bits per heavy atom. The van der Waals surface area contributed by atoms with Gasteiger partial charge < -0.3 is 10.2 Å². The van der Waals surface area contributed by atoms with E-state index in [4.69, 9.17) is 11.6 Å². The van der Waals surface area contributed by atoms with Gasteiger partial charge in [-0.3, -0.25) is 9.78 Å². The summed E-state index contributed by atoms with van der Waals surface area (Å²) in [5.41, 5.74) is 2.08. The van der Waals surface area contributed by atoms with Crippen LogP contribution in [-0.4, -0.2) is 34.9 Å². The first-order valence-electron chi connectivity index (χ1n) is 10.7. The average Bonchev–Trinajstić information content (AvgIpc) is 2.76. The van der Waals surface area contributed by atoms with Crippen LogP contribution in [0.15, 0.2) is 48.8 Å². The second-order valence-corrected chi connectivity index (χ2v) is 9.78. The van der Waals surface area contributed by atoms with Gasteiger partial charge in [-0.15, -0.1) is 12.8 Å². The van der Waals surface area contributed by atoms with Crippen LogP contribution < -0.4 is 5.32 Å². The topological polar surface area (TPSA) is 45.2 Å². The van der Waals surface area contributed by atoms with Crippen molar-refractivity contribution in [3.8, 4) is 12.8 Å². The number of benzene rings is 1. The van der Waals surface area contributed by atoms with E-state index in [-0.39, 0.29) is 28.7 Å². The summed E-state index contributed by atoms with van der Waals surface area (Å²) in [5, 5.41) is 4.15. The molecule has 0 spiro atoms. The molecule has 1 aromatic heterocycles. The third-order valence-corrected chi connectivity index (χ3v) is 6.92. The SMILES string of the molecule is C#C.CC(C)C(Nc1cccnc1)C(=O)N1CCC(C)(c2ccc(Cl)cc2)C(C)(C)C1. The Bertz CT molecular complexity index is 877. The average molecular weight is 440 g/mol. The summed E-state index contributed by atoms with van der Waals surface area (Å²) >= 11 is 6.10. The van der Waals surface area contributed by atoms with Gasteiger partial charge in [0.25, 0.3) is 0 Å². The second-order valence-electron chi connectivity index (χ2n) is 9.34. The number of piperidine rings is 1. The van der Waals surface area contributed by atoms with Crippen molar-refractivity contribution in [2.24, 2.45) is 11.3 Å². The highest BCUT2D eigenvalue weighted by atomic mass is 35.5. The predicted molar refractivity (Wildman–Crippen MR) is 130 cm³/mol. The number of nitrogens with one attached hydrogen (secondary N) is 1. The van der Waals surface area contributed by atoms with Crippen molar-refractivity contribution in [2.75, 3.05) is 18.4 Å². The molecular weight excluding hydrogens is 406 g/mol. The maximum atomic E-state index is 13.4. The lowest BCUT2D eigenvalue weighted by molar-refractivity contribution is -0.138. The lowest BCUT2D eigenvalue weighted by Crippen LogP contribution is -2.58. The number of nitrogens with zero attached hydrogens (tertiary/aromatic N) is 2. The van der Waals surface area contributed by atoms with E-state index in [0.29, 0.717) is 0 Å². The van der Waals surface area contributed by atoms with E-state index in [1.165, 1.54) is 5.56 Å². The van der Waals surface area contributed by atoms with Crippen LogP contribution in [0.5, 0.6) is 0 Å². The van der Waals surface area contributed by atoms with Gasteiger partial charge in [0.15, 0.2) is 0 Å². The summed E-state index contributed by atoms with van der Waals surface area (Å²) < 4.78 is 0. The van der Waals surface area contributed by atoms with Gasteiger partial charge >= 0.3 is 0 Å². The molecule has 4 nitrogen and oxygen atoms in total. The Kier molecular flexibility index (Phi) is 8.14. The Labute approximate surface area is 192 Å². The number of amides is 1. The summed E-state index contributed by atoms with van der Waals surface area (Å²) in [6, 6.07) is 11.7. The number of anilines is 1. The molecule has 2 heterocycles. The van der Waals surface area contributed by atoms with Crippen LogP contribution in [0.1, 0.15) is 46.6 Å². The maximum Gasteiger partial charge on any atom is 0.245 e. The minimum atomic E-state index is -0.269. The molecular formula is C26H34ClN3O. The zero-order chi connectivity index (χ0) is 23.2. The van der Waals surface area contributed by atoms with Crippen LogP contribution in [0.4, 0.5) is 5.69 Å². The summed E-state index contributed by atoms with van der Waals surface area (Å²) in [6.07, 6.45) is 12.4. The third-order valence-electron chi connectivity index (χ3n) is 6.67. The first kappa shape index (κ1) is 24.8. The number of terminal acetylenes is 1. The molecule has 31 heavy (non-hydrogen) atoms. The van der Waals surface area contributed by atoms with E-state index in [2.05, 4.69) is 69.9 Å². The number of likely N-dealkylation sites (tertiary alicyclic amines) is 1. The molecule has 1 saturated heterocycles. The molecule has 2 aromatic rings. The van der Waals surface area contributed by atoms with Crippen LogP contribution in [-0.2, 0) is 10.2 Å². The molecule has 2 atom stereocenters. The molecule has 1 fully saturated rings. The number of pyridine rings is 1. The van der Waals surface area contributed by atoms with Crippen molar-refractivity contribution in [1.29, 1.82) is 0 Å². The Morgan fingerprint density at radius 3 is 2.32 bits per heavy atom. The highest BCUT2D eigenvalue weighted by Crippen LogP contribution is 2.48. The fraction of sp³-hybridized carbons (Fsp3) is 0.462. The van der Waals surface area contributed by atoms with E-state index in [1.54, 1.807) is 12.4 Å². The quantitative estimate of drug-likeness (QED) is 0.613. The number of carbonyl (C=O) groups is 1. The first-order valence-corrected chi connectivity index (χ1v) is 11.1. The smallest absolute Gasteiger partial charge is 0.245 e. The van der Waals surface area contributed by atoms with Crippen molar-refractivity contribution in [1.82, 2.24) is 9.88 Å². The minimum absolute atomic E-state index is 0.0154. The Morgan fingerprint density at radius 2 is 1.81 bits per heavy atom. The van der Waals surface area contributed by atoms with Crippen molar-refractivity contribution in [3.63, 3.8) is 0 Å². The molecule has 1 aliphatic rings. The molecule has 1 amide bonds. The molecule has 0 saturated carbocycles. The molecule has 0 radical (unpaired) electrons. The predicted octanol–water partition coefficient (Wildman–Crippen LogP) is 5.64. The van der Waals surface area contributed by atoms with E-state index >= 15 is 0 Å². The third kappa shape index (κ3) is 5.40. The van der Waals surface area contributed by atoms with E-state index in [9.17, 15) is 4.79 Å². The summed E-state index contributed by atoms with van der Waals surface area (Å²) in [4.78, 5) is 19.6. The summed E-state index contributed by atoms with van der Waals surface area (Å²) in [7, 11) is 0. The van der Waals surface area contributed by atoms with Gasteiger partial charge in [0.05, 0.1) is 5.69 Å². The van der Waals surface area contributed by atoms with E-state index in [1.807, 2.05) is 29.2 Å². The zero-order valence-corrected chi connectivity index (χ0v) is 20.0. The van der Waals surface area contributed by atoms with Crippen LogP contribution in [0.2, 0.25) is 5.02 Å². The highest BCUT2D eigenvalue weighted by Gasteiger charge is 2.48. The molecule has 2 unspecified atom stereocenters. The maximum absolute atomic E-state index is 13.4. The summed E-state index contributed by atoms with van der Waals surface area (Å²) in [6.45, 7) is 12.5. The molecule has 0 bridgehead atoms. The number of hydrogen-bond donors (Lipinski definition) is 1. The fourth-order valence-electron chi connectivity index (χ4n) is 4.31. The van der Waals surface area contributed by atoms with Crippen LogP contribution >= 0.6 is 11.6 Å². The molecule has 5 heteroatoms. The van der Waals surface area contributed by atoms with E-state index in [0.717, 1.165) is 30.2 Å². The normalized spacial score (nSPS) is 21.0. The van der Waals surface area contributed by atoms with Gasteiger partial charge in [-0.25, -0.2) is 0 Å². The highest BCUT2D eigenvalue weighted by molar-refractivity contribution is 6.30. The number of halogens is 1. The summed E-state index contributed by atoms with van der Waals surface area (Å²) in [5.74, 6) is 0.338. The molecule has 3 rings (SSSR count). The fourth-order valence-corrected chi connectivity index (χ4v) is 4.43. The van der Waals surface area contributed by atoms with Crippen molar-refractivity contribution >= 4 is 23.2 Å². The van der Waals surface area contributed by atoms with Crippen molar-refractivity contribution in [2.45, 2.75) is 52.5 Å². The lowest BCUT2D eigenvalue weighted by Gasteiger charge is -2.52. The lowest BCUT2D eigenvalue weighted by atomic mass is 9.59. The minimum Gasteiger partial charge on any atom is -0.372 e. The largest absolute Gasteiger partial charge is 0.372 e. The van der Waals surface area contributed by atoms with E-state index < -0.39 is 0 Å². The zero-order valence-electron chi connectivity index (χ0n) is 19.2. The van der Waals surface area contributed by atoms with Gasteiger partial charge in [-0.05, 0) is 47.6 Å². The molecule has 1 aromatic carbocycles. The van der Waals surface area contributed by atoms with Gasteiger partial charge in [0, 0.05) is 35.9 Å². The standard InChI is InChI=1S/C24H32ClN3O.C2H2/c1-17(2)21(27-20-7-6-13-26-15-20)22(29)28-14-12-24(5,23(3,4)16-28)18-8-10-19(25)11-9-18;1-2/h6-11,13,15,17,21,27H,12,14,16H2,1-5H3;1-2H. The number of carbonyl (C=O) groups excluding carboxylic acids is 1. The number of rotatable bonds is 5. The molecule has 0 aliphatic carbocycles. The van der Waals surface area contributed by atoms with Gasteiger partial charge in [0.1, 0.15) is 6.04 Å². The molecule has 166 valence electrons. The van der Waals surface area contributed by atoms with Crippen LogP contribution in [0.25, 0.3) is 0 Å². The van der Waals surface area contributed by atoms with Gasteiger partial charge in [-0.1, -0.05) is 58.4 Å². The Hall–Kier alpha value is -2.51. The second kappa shape index (κ2) is 10.2. The number of aromatic nitrogens is 1. The number of hydrogen-bond acceptors (Lipinski definition) is 3.